The van der Waals surface area contributed by atoms with Gasteiger partial charge in [-0.2, -0.15) is 0 Å². The fourth-order valence-electron chi connectivity index (χ4n) is 3.77. The number of para-hydroxylation sites is 1. The number of nitrogens with one attached hydrogen (secondary N) is 1. The number of nitrogens with zero attached hydrogens (tertiary/aromatic N) is 2. The van der Waals surface area contributed by atoms with Crippen molar-refractivity contribution in [1.29, 1.82) is 0 Å². The topological polar surface area (TPSA) is 65.4 Å². The third kappa shape index (κ3) is 5.18. The van der Waals surface area contributed by atoms with Crippen molar-refractivity contribution in [2.75, 3.05) is 32.9 Å². The standard InChI is InChI=1S/C21H16F2N2O2.C4H9NO/c1-2-27-21(26)18-10-16-15-5-3-4-6-19(15)25(20(16)11-24-18)12-13-7-8-14(22)9-17(13)23;1-3-6-4-2-5-1/h3-11H,2,12H2,1H3;5H,1-4H2. The van der Waals surface area contributed by atoms with Gasteiger partial charge in [-0.25, -0.2) is 18.6 Å². The number of ether oxygens (including phenoxy) is 2. The molecule has 5 rings (SSSR count). The normalized spacial score (nSPS) is 13.5. The van der Waals surface area contributed by atoms with E-state index in [0.717, 1.165) is 54.2 Å². The van der Waals surface area contributed by atoms with Crippen molar-refractivity contribution in [2.24, 2.45) is 0 Å². The second-order valence-electron chi connectivity index (χ2n) is 7.51. The van der Waals surface area contributed by atoms with Gasteiger partial charge in [-0.15, -0.1) is 0 Å². The molecular formula is C25H25F2N3O3. The molecule has 4 aromatic rings. The molecule has 1 aliphatic rings. The Kier molecular flexibility index (Phi) is 7.26. The van der Waals surface area contributed by atoms with Gasteiger partial charge in [0.1, 0.15) is 17.3 Å². The van der Waals surface area contributed by atoms with Crippen molar-refractivity contribution in [3.8, 4) is 0 Å². The van der Waals surface area contributed by atoms with Crippen LogP contribution >= 0.6 is 0 Å². The van der Waals surface area contributed by atoms with Crippen LogP contribution < -0.4 is 5.32 Å². The predicted octanol–water partition coefficient (Wildman–Crippen LogP) is 4.30. The average Bonchev–Trinajstić information content (AvgIpc) is 3.15. The molecule has 1 N–H and O–H groups in total. The lowest BCUT2D eigenvalue weighted by Gasteiger charge is -2.10. The molecule has 1 aliphatic heterocycles. The van der Waals surface area contributed by atoms with Crippen molar-refractivity contribution in [3.63, 3.8) is 0 Å². The van der Waals surface area contributed by atoms with Crippen molar-refractivity contribution in [2.45, 2.75) is 13.5 Å². The summed E-state index contributed by atoms with van der Waals surface area (Å²) in [5.41, 5.74) is 2.22. The number of fused-ring (bicyclic) bond motifs is 3. The Bertz CT molecular complexity index is 1260. The Morgan fingerprint density at radius 3 is 2.55 bits per heavy atom. The molecule has 1 saturated heterocycles. The molecule has 33 heavy (non-hydrogen) atoms. The molecule has 6 nitrogen and oxygen atoms in total. The molecule has 0 bridgehead atoms. The summed E-state index contributed by atoms with van der Waals surface area (Å²) in [5, 5.41) is 4.90. The number of halogens is 2. The van der Waals surface area contributed by atoms with E-state index in [1.54, 1.807) is 19.2 Å². The fraction of sp³-hybridized carbons (Fsp3) is 0.280. The summed E-state index contributed by atoms with van der Waals surface area (Å²) in [5.74, 6) is -1.70. The minimum absolute atomic E-state index is 0.219. The number of morpholine rings is 1. The van der Waals surface area contributed by atoms with E-state index in [2.05, 4.69) is 10.3 Å². The van der Waals surface area contributed by atoms with Gasteiger partial charge in [-0.1, -0.05) is 24.3 Å². The smallest absolute Gasteiger partial charge is 0.356 e. The van der Waals surface area contributed by atoms with Crippen LogP contribution in [0.5, 0.6) is 0 Å². The number of esters is 1. The zero-order valence-electron chi connectivity index (χ0n) is 18.3. The van der Waals surface area contributed by atoms with Gasteiger partial charge >= 0.3 is 5.97 Å². The van der Waals surface area contributed by atoms with Crippen LogP contribution in [0.3, 0.4) is 0 Å². The Morgan fingerprint density at radius 1 is 1.09 bits per heavy atom. The van der Waals surface area contributed by atoms with E-state index in [1.165, 1.54) is 12.1 Å². The number of rotatable bonds is 4. The summed E-state index contributed by atoms with van der Waals surface area (Å²) in [6.45, 7) is 6.06. The van der Waals surface area contributed by atoms with Gasteiger partial charge in [-0.05, 0) is 25.1 Å². The van der Waals surface area contributed by atoms with Crippen LogP contribution in [0, 0.1) is 11.6 Å². The SMILES string of the molecule is C1COCCN1.CCOC(=O)c1cc2c3ccccc3n(Cc3ccc(F)cc3F)c2cn1. The summed E-state index contributed by atoms with van der Waals surface area (Å²) in [6, 6.07) is 12.9. The number of hydrogen-bond donors (Lipinski definition) is 1. The van der Waals surface area contributed by atoms with E-state index in [9.17, 15) is 13.6 Å². The maximum absolute atomic E-state index is 14.2. The van der Waals surface area contributed by atoms with E-state index in [0.29, 0.717) is 5.56 Å². The molecule has 2 aromatic carbocycles. The quantitative estimate of drug-likeness (QED) is 0.467. The van der Waals surface area contributed by atoms with Crippen LogP contribution in [0.15, 0.2) is 54.7 Å². The Morgan fingerprint density at radius 2 is 1.88 bits per heavy atom. The first kappa shape index (κ1) is 22.8. The van der Waals surface area contributed by atoms with E-state index in [-0.39, 0.29) is 18.8 Å². The first-order valence-corrected chi connectivity index (χ1v) is 10.8. The number of carbonyl (C=O) groups is 1. The lowest BCUT2D eigenvalue weighted by molar-refractivity contribution is 0.0519. The highest BCUT2D eigenvalue weighted by atomic mass is 19.1. The molecule has 0 atom stereocenters. The lowest BCUT2D eigenvalue weighted by atomic mass is 10.1. The molecule has 0 amide bonds. The molecular weight excluding hydrogens is 428 g/mol. The maximum atomic E-state index is 14.2. The van der Waals surface area contributed by atoms with Crippen molar-refractivity contribution < 1.29 is 23.0 Å². The monoisotopic (exact) mass is 453 g/mol. The zero-order chi connectivity index (χ0) is 23.2. The van der Waals surface area contributed by atoms with E-state index in [1.807, 2.05) is 28.8 Å². The molecule has 0 aliphatic carbocycles. The number of carbonyl (C=O) groups excluding carboxylic acids is 1. The molecule has 0 unspecified atom stereocenters. The van der Waals surface area contributed by atoms with Gasteiger partial charge in [0.15, 0.2) is 0 Å². The summed E-state index contributed by atoms with van der Waals surface area (Å²) in [4.78, 5) is 16.2. The Balaban J connectivity index is 0.000000376. The molecule has 0 spiro atoms. The van der Waals surface area contributed by atoms with Crippen LogP contribution in [0.1, 0.15) is 23.0 Å². The van der Waals surface area contributed by atoms with E-state index >= 15 is 0 Å². The van der Waals surface area contributed by atoms with E-state index < -0.39 is 17.6 Å². The molecule has 3 heterocycles. The number of pyridine rings is 1. The van der Waals surface area contributed by atoms with Crippen LogP contribution in [0.4, 0.5) is 8.78 Å². The van der Waals surface area contributed by atoms with Gasteiger partial charge in [0, 0.05) is 41.0 Å². The number of aromatic nitrogens is 2. The zero-order valence-corrected chi connectivity index (χ0v) is 18.3. The van der Waals surface area contributed by atoms with Crippen LogP contribution in [-0.4, -0.2) is 48.4 Å². The molecule has 2 aromatic heterocycles. The first-order valence-electron chi connectivity index (χ1n) is 10.8. The highest BCUT2D eigenvalue weighted by Gasteiger charge is 2.16. The van der Waals surface area contributed by atoms with Gasteiger partial charge in [0.05, 0.1) is 38.1 Å². The van der Waals surface area contributed by atoms with Gasteiger partial charge in [0.2, 0.25) is 0 Å². The van der Waals surface area contributed by atoms with Gasteiger partial charge in [0.25, 0.3) is 0 Å². The summed E-state index contributed by atoms with van der Waals surface area (Å²) < 4.78 is 39.3. The molecule has 0 radical (unpaired) electrons. The molecule has 1 fully saturated rings. The minimum Gasteiger partial charge on any atom is -0.461 e. The van der Waals surface area contributed by atoms with Crippen molar-refractivity contribution in [3.05, 3.63) is 77.6 Å². The summed E-state index contributed by atoms with van der Waals surface area (Å²) >= 11 is 0. The fourth-order valence-corrected chi connectivity index (χ4v) is 3.77. The molecule has 0 saturated carbocycles. The van der Waals surface area contributed by atoms with Crippen molar-refractivity contribution in [1.82, 2.24) is 14.9 Å². The number of hydrogen-bond acceptors (Lipinski definition) is 5. The van der Waals surface area contributed by atoms with Crippen LogP contribution in [0.25, 0.3) is 21.8 Å². The second kappa shape index (κ2) is 10.5. The minimum atomic E-state index is -0.612. The lowest BCUT2D eigenvalue weighted by Crippen LogP contribution is -2.30. The average molecular weight is 453 g/mol. The van der Waals surface area contributed by atoms with Gasteiger partial charge < -0.3 is 19.4 Å². The molecule has 8 heteroatoms. The largest absolute Gasteiger partial charge is 0.461 e. The Labute approximate surface area is 190 Å². The van der Waals surface area contributed by atoms with Crippen molar-refractivity contribution >= 4 is 27.8 Å². The first-order chi connectivity index (χ1) is 16.1. The third-order valence-electron chi connectivity index (χ3n) is 5.33. The van der Waals surface area contributed by atoms with Crippen LogP contribution in [-0.2, 0) is 16.0 Å². The highest BCUT2D eigenvalue weighted by Crippen LogP contribution is 2.30. The third-order valence-corrected chi connectivity index (χ3v) is 5.33. The second-order valence-corrected chi connectivity index (χ2v) is 7.51. The Hall–Kier alpha value is -3.36. The van der Waals surface area contributed by atoms with Crippen LogP contribution in [0.2, 0.25) is 0 Å². The number of benzene rings is 2. The molecule has 172 valence electrons. The maximum Gasteiger partial charge on any atom is 0.356 e. The summed E-state index contributed by atoms with van der Waals surface area (Å²) in [6.07, 6.45) is 1.59. The highest BCUT2D eigenvalue weighted by molar-refractivity contribution is 6.09. The predicted molar refractivity (Wildman–Crippen MR) is 122 cm³/mol. The van der Waals surface area contributed by atoms with Gasteiger partial charge in [-0.3, -0.25) is 0 Å². The summed E-state index contributed by atoms with van der Waals surface area (Å²) in [7, 11) is 0. The van der Waals surface area contributed by atoms with E-state index in [4.69, 9.17) is 9.47 Å².